The molecule has 5 amide bonds. The Hall–Kier alpha value is -4.16. The second-order valence-corrected chi connectivity index (χ2v) is 12.2. The molecule has 238 valence electrons. The number of rotatable bonds is 8. The third-order valence-corrected chi connectivity index (χ3v) is 9.41. The van der Waals surface area contributed by atoms with Crippen LogP contribution in [0.15, 0.2) is 24.3 Å². The summed E-state index contributed by atoms with van der Waals surface area (Å²) in [5.74, 6) is -2.72. The standard InChI is InChI=1S/C31H41N5O8/c1-19(37)33-14-3-7-24(33)28(40)35-16-5-9-26(35)30(42)36-17-4-8-25(36)29(41)34-15-2-6-23(34)27(39)32-22(31(43)44)18-20-10-12-21(38)13-11-20/h10-13,22-26,38H,2-9,14-18H2,1H3,(H,32,39)(H,43,44)/t22-,23-,24-,25-,26-/m0/s1. The van der Waals surface area contributed by atoms with Gasteiger partial charge in [0, 0.05) is 39.5 Å². The molecule has 13 nitrogen and oxygen atoms in total. The predicted octanol–water partition coefficient (Wildman–Crippen LogP) is 0.488. The van der Waals surface area contributed by atoms with Crippen LogP contribution in [0.3, 0.4) is 0 Å². The number of aromatic hydroxyl groups is 1. The highest BCUT2D eigenvalue weighted by atomic mass is 16.4. The Labute approximate surface area is 256 Å². The second kappa shape index (κ2) is 13.2. The van der Waals surface area contributed by atoms with Gasteiger partial charge in [-0.15, -0.1) is 0 Å². The highest BCUT2D eigenvalue weighted by molar-refractivity contribution is 5.97. The molecular weight excluding hydrogens is 570 g/mol. The molecule has 5 rings (SSSR count). The van der Waals surface area contributed by atoms with Crippen LogP contribution in [-0.2, 0) is 35.2 Å². The summed E-state index contributed by atoms with van der Waals surface area (Å²) in [5.41, 5.74) is 0.622. The first-order valence-corrected chi connectivity index (χ1v) is 15.6. The van der Waals surface area contributed by atoms with E-state index in [-0.39, 0.29) is 35.8 Å². The molecule has 1 aromatic carbocycles. The van der Waals surface area contributed by atoms with Crippen molar-refractivity contribution in [3.63, 3.8) is 0 Å². The number of carbonyl (C=O) groups is 6. The molecule has 0 saturated carbocycles. The van der Waals surface area contributed by atoms with Crippen LogP contribution in [0.25, 0.3) is 0 Å². The Balaban J connectivity index is 1.24. The number of benzene rings is 1. The molecule has 3 N–H and O–H groups in total. The Kier molecular flexibility index (Phi) is 9.40. The molecule has 4 aliphatic rings. The van der Waals surface area contributed by atoms with Crippen molar-refractivity contribution in [2.75, 3.05) is 26.2 Å². The number of phenols is 1. The Morgan fingerprint density at radius 3 is 1.57 bits per heavy atom. The van der Waals surface area contributed by atoms with E-state index in [1.54, 1.807) is 26.8 Å². The minimum Gasteiger partial charge on any atom is -0.508 e. The fraction of sp³-hybridized carbons (Fsp3) is 0.613. The smallest absolute Gasteiger partial charge is 0.326 e. The molecule has 13 heteroatoms. The summed E-state index contributed by atoms with van der Waals surface area (Å²) in [6.45, 7) is 3.09. The van der Waals surface area contributed by atoms with Gasteiger partial charge in [-0.3, -0.25) is 24.0 Å². The highest BCUT2D eigenvalue weighted by Gasteiger charge is 2.47. The fourth-order valence-electron chi connectivity index (χ4n) is 7.19. The van der Waals surface area contributed by atoms with Gasteiger partial charge in [0.2, 0.25) is 29.5 Å². The summed E-state index contributed by atoms with van der Waals surface area (Å²) in [7, 11) is 0. The van der Waals surface area contributed by atoms with E-state index in [0.29, 0.717) is 76.7 Å². The number of hydrogen-bond donors (Lipinski definition) is 3. The van der Waals surface area contributed by atoms with Crippen molar-refractivity contribution in [3.05, 3.63) is 29.8 Å². The average molecular weight is 612 g/mol. The van der Waals surface area contributed by atoms with Gasteiger partial charge in [0.05, 0.1) is 0 Å². The largest absolute Gasteiger partial charge is 0.508 e. The number of nitrogens with one attached hydrogen (secondary N) is 1. The summed E-state index contributed by atoms with van der Waals surface area (Å²) in [6, 6.07) is 1.95. The molecular formula is C31H41N5O8. The molecule has 0 spiro atoms. The van der Waals surface area contributed by atoms with Crippen molar-refractivity contribution in [1.29, 1.82) is 0 Å². The lowest BCUT2D eigenvalue weighted by Gasteiger charge is -2.35. The number of likely N-dealkylation sites (tertiary alicyclic amines) is 4. The van der Waals surface area contributed by atoms with Gasteiger partial charge < -0.3 is 35.1 Å². The Morgan fingerprint density at radius 2 is 1.11 bits per heavy atom. The lowest BCUT2D eigenvalue weighted by atomic mass is 10.0. The lowest BCUT2D eigenvalue weighted by molar-refractivity contribution is -0.152. The van der Waals surface area contributed by atoms with Gasteiger partial charge >= 0.3 is 5.97 Å². The van der Waals surface area contributed by atoms with Crippen molar-refractivity contribution in [3.8, 4) is 5.75 Å². The number of amides is 5. The molecule has 4 aliphatic heterocycles. The lowest BCUT2D eigenvalue weighted by Crippen LogP contribution is -2.57. The molecule has 0 radical (unpaired) electrons. The maximum absolute atomic E-state index is 13.9. The zero-order chi connectivity index (χ0) is 31.5. The van der Waals surface area contributed by atoms with E-state index in [9.17, 15) is 39.0 Å². The van der Waals surface area contributed by atoms with Gasteiger partial charge in [-0.05, 0) is 69.1 Å². The number of carboxylic acids is 1. The normalized spacial score (nSPS) is 25.8. The van der Waals surface area contributed by atoms with Gasteiger partial charge in [-0.1, -0.05) is 12.1 Å². The number of phenolic OH excluding ortho intramolecular Hbond substituents is 1. The van der Waals surface area contributed by atoms with Crippen molar-refractivity contribution in [2.45, 2.75) is 94.9 Å². The molecule has 0 aliphatic carbocycles. The van der Waals surface area contributed by atoms with Crippen molar-refractivity contribution >= 4 is 35.5 Å². The second-order valence-electron chi connectivity index (χ2n) is 12.2. The van der Waals surface area contributed by atoms with Crippen molar-refractivity contribution in [2.24, 2.45) is 0 Å². The zero-order valence-electron chi connectivity index (χ0n) is 25.0. The molecule has 4 saturated heterocycles. The van der Waals surface area contributed by atoms with Crippen LogP contribution in [0.4, 0.5) is 0 Å². The summed E-state index contributed by atoms with van der Waals surface area (Å²) in [6.07, 6.45) is 4.45. The summed E-state index contributed by atoms with van der Waals surface area (Å²) < 4.78 is 0. The van der Waals surface area contributed by atoms with Gasteiger partial charge in [0.25, 0.3) is 0 Å². The number of carboxylic acid groups (broad SMARTS) is 1. The molecule has 5 atom stereocenters. The number of hydrogen-bond acceptors (Lipinski definition) is 7. The maximum atomic E-state index is 13.9. The molecule has 0 unspecified atom stereocenters. The first-order valence-electron chi connectivity index (χ1n) is 15.6. The van der Waals surface area contributed by atoms with Crippen LogP contribution in [0.5, 0.6) is 5.75 Å². The number of aliphatic carboxylic acids is 1. The Morgan fingerprint density at radius 1 is 0.705 bits per heavy atom. The summed E-state index contributed by atoms with van der Waals surface area (Å²) in [5, 5.41) is 21.9. The average Bonchev–Trinajstić information content (AvgIpc) is 3.82. The first-order chi connectivity index (χ1) is 21.1. The minimum atomic E-state index is -1.22. The van der Waals surface area contributed by atoms with E-state index < -0.39 is 42.1 Å². The van der Waals surface area contributed by atoms with Crippen molar-refractivity contribution in [1.82, 2.24) is 24.9 Å². The number of nitrogens with zero attached hydrogens (tertiary/aromatic N) is 4. The fourth-order valence-corrected chi connectivity index (χ4v) is 7.19. The van der Waals surface area contributed by atoms with Crippen LogP contribution in [0.2, 0.25) is 0 Å². The summed E-state index contributed by atoms with van der Waals surface area (Å²) >= 11 is 0. The van der Waals surface area contributed by atoms with E-state index in [1.165, 1.54) is 24.0 Å². The molecule has 4 heterocycles. The minimum absolute atomic E-state index is 0.00850. The van der Waals surface area contributed by atoms with Crippen LogP contribution in [0.1, 0.15) is 63.9 Å². The first kappa shape index (κ1) is 31.3. The van der Waals surface area contributed by atoms with E-state index in [4.69, 9.17) is 0 Å². The number of carbonyl (C=O) groups excluding carboxylic acids is 5. The van der Waals surface area contributed by atoms with Crippen molar-refractivity contribution < 1.29 is 39.0 Å². The van der Waals surface area contributed by atoms with Crippen LogP contribution >= 0.6 is 0 Å². The quantitative estimate of drug-likeness (QED) is 0.382. The Bertz CT molecular complexity index is 1300. The van der Waals surface area contributed by atoms with Gasteiger partial charge in [-0.25, -0.2) is 4.79 Å². The molecule has 4 fully saturated rings. The van der Waals surface area contributed by atoms with E-state index >= 15 is 0 Å². The van der Waals surface area contributed by atoms with Crippen LogP contribution in [-0.4, -0.2) is 122 Å². The maximum Gasteiger partial charge on any atom is 0.326 e. The monoisotopic (exact) mass is 611 g/mol. The van der Waals surface area contributed by atoms with E-state index in [1.807, 2.05) is 0 Å². The molecule has 1 aromatic rings. The third-order valence-electron chi connectivity index (χ3n) is 9.41. The van der Waals surface area contributed by atoms with Gasteiger partial charge in [0.1, 0.15) is 36.0 Å². The van der Waals surface area contributed by atoms with Gasteiger partial charge in [-0.2, -0.15) is 0 Å². The van der Waals surface area contributed by atoms with Gasteiger partial charge in [0.15, 0.2) is 0 Å². The molecule has 0 bridgehead atoms. The third kappa shape index (κ3) is 6.36. The highest BCUT2D eigenvalue weighted by Crippen LogP contribution is 2.30. The topological polar surface area (TPSA) is 168 Å². The van der Waals surface area contributed by atoms with E-state index in [2.05, 4.69) is 5.32 Å². The predicted molar refractivity (Wildman–Crippen MR) is 156 cm³/mol. The van der Waals surface area contributed by atoms with E-state index in [0.717, 1.165) is 6.42 Å². The zero-order valence-corrected chi connectivity index (χ0v) is 25.0. The van der Waals surface area contributed by atoms with Crippen LogP contribution in [0, 0.1) is 0 Å². The molecule has 0 aromatic heterocycles. The summed E-state index contributed by atoms with van der Waals surface area (Å²) in [4.78, 5) is 84.8. The molecule has 44 heavy (non-hydrogen) atoms. The van der Waals surface area contributed by atoms with Crippen LogP contribution < -0.4 is 5.32 Å². The SMILES string of the molecule is CC(=O)N1CCC[C@H]1C(=O)N1CCC[C@H]1C(=O)N1CCC[C@H]1C(=O)N1CCC[C@H]1C(=O)N[C@@H](Cc1ccc(O)cc1)C(=O)O.